The van der Waals surface area contributed by atoms with Gasteiger partial charge in [0.25, 0.3) is 5.56 Å². The lowest BCUT2D eigenvalue weighted by Crippen LogP contribution is -2.27. The summed E-state index contributed by atoms with van der Waals surface area (Å²) < 4.78 is 43.0. The molecule has 4 aromatic rings. The summed E-state index contributed by atoms with van der Waals surface area (Å²) in [7, 11) is 0. The minimum atomic E-state index is -4.92. The highest BCUT2D eigenvalue weighted by Gasteiger charge is 2.31. The van der Waals surface area contributed by atoms with Gasteiger partial charge < -0.3 is 9.84 Å². The molecule has 1 N–H and O–H groups in total. The van der Waals surface area contributed by atoms with E-state index in [9.17, 15) is 27.9 Å². The van der Waals surface area contributed by atoms with Gasteiger partial charge in [-0.3, -0.25) is 14.2 Å². The highest BCUT2D eigenvalue weighted by molar-refractivity contribution is 6.04. The number of benzene rings is 2. The van der Waals surface area contributed by atoms with Gasteiger partial charge in [-0.25, -0.2) is 4.98 Å². The van der Waals surface area contributed by atoms with Crippen molar-refractivity contribution in [2.75, 3.05) is 0 Å². The molecule has 0 aliphatic rings. The number of pyridine rings is 2. The standard InChI is InChI=1S/C24H17F3N2O4/c1-14-6-2-3-7-15(14)12-19(30)20-21(31)18-10-5-11-28-22(18)29(23(20)32)16-8-4-9-17(13-16)33-24(25,26)27/h2-11,13,31H,12H2,1H3. The Morgan fingerprint density at radius 2 is 1.85 bits per heavy atom. The fourth-order valence-corrected chi connectivity index (χ4v) is 3.58. The summed E-state index contributed by atoms with van der Waals surface area (Å²) in [5, 5.41) is 10.9. The van der Waals surface area contributed by atoms with Crippen LogP contribution in [0.1, 0.15) is 21.5 Å². The summed E-state index contributed by atoms with van der Waals surface area (Å²) in [5.41, 5.74) is 0.124. The Morgan fingerprint density at radius 3 is 2.58 bits per heavy atom. The highest BCUT2D eigenvalue weighted by Crippen LogP contribution is 2.30. The molecule has 0 saturated heterocycles. The first-order valence-corrected chi connectivity index (χ1v) is 9.82. The number of carbonyl (C=O) groups is 1. The van der Waals surface area contributed by atoms with Crippen LogP contribution >= 0.6 is 0 Å². The Balaban J connectivity index is 1.91. The smallest absolute Gasteiger partial charge is 0.506 e. The molecule has 0 aliphatic carbocycles. The fraction of sp³-hybridized carbons (Fsp3) is 0.125. The normalized spacial score (nSPS) is 11.5. The number of halogens is 3. The molecule has 0 radical (unpaired) electrons. The van der Waals surface area contributed by atoms with Crippen molar-refractivity contribution in [1.82, 2.24) is 9.55 Å². The third kappa shape index (κ3) is 4.43. The number of fused-ring (bicyclic) bond motifs is 1. The summed E-state index contributed by atoms with van der Waals surface area (Å²) in [4.78, 5) is 30.6. The molecule has 0 aliphatic heterocycles. The van der Waals surface area contributed by atoms with E-state index in [4.69, 9.17) is 0 Å². The molecule has 0 spiro atoms. The van der Waals surface area contributed by atoms with Crippen molar-refractivity contribution < 1.29 is 27.8 Å². The number of hydrogen-bond acceptors (Lipinski definition) is 5. The molecule has 9 heteroatoms. The van der Waals surface area contributed by atoms with Crippen LogP contribution in [-0.2, 0) is 6.42 Å². The van der Waals surface area contributed by atoms with Gasteiger partial charge in [0, 0.05) is 18.7 Å². The number of hydrogen-bond donors (Lipinski definition) is 1. The van der Waals surface area contributed by atoms with Gasteiger partial charge in [-0.15, -0.1) is 13.2 Å². The molecule has 2 aromatic carbocycles. The van der Waals surface area contributed by atoms with Gasteiger partial charge in [-0.05, 0) is 42.3 Å². The van der Waals surface area contributed by atoms with Crippen LogP contribution in [0.3, 0.4) is 0 Å². The Bertz CT molecular complexity index is 1430. The predicted octanol–water partition coefficient (Wildman–Crippen LogP) is 4.72. The van der Waals surface area contributed by atoms with Gasteiger partial charge in [0.2, 0.25) is 0 Å². The van der Waals surface area contributed by atoms with Crippen LogP contribution in [0.4, 0.5) is 13.2 Å². The van der Waals surface area contributed by atoms with Crippen molar-refractivity contribution >= 4 is 16.8 Å². The number of carbonyl (C=O) groups excluding carboxylic acids is 1. The van der Waals surface area contributed by atoms with Crippen molar-refractivity contribution in [3.05, 3.63) is 93.9 Å². The monoisotopic (exact) mass is 454 g/mol. The average molecular weight is 454 g/mol. The molecule has 0 saturated carbocycles. The average Bonchev–Trinajstić information content (AvgIpc) is 2.75. The zero-order valence-corrected chi connectivity index (χ0v) is 17.3. The Kier molecular flexibility index (Phi) is 5.63. The van der Waals surface area contributed by atoms with Crippen LogP contribution in [0.15, 0.2) is 71.7 Å². The number of nitrogens with zero attached hydrogens (tertiary/aromatic N) is 2. The molecule has 33 heavy (non-hydrogen) atoms. The van der Waals surface area contributed by atoms with Gasteiger partial charge in [0.1, 0.15) is 17.1 Å². The molecular formula is C24H17F3N2O4. The minimum Gasteiger partial charge on any atom is -0.506 e. The van der Waals surface area contributed by atoms with Crippen LogP contribution in [0.25, 0.3) is 16.7 Å². The first-order chi connectivity index (χ1) is 15.7. The van der Waals surface area contributed by atoms with E-state index in [1.54, 1.807) is 12.1 Å². The van der Waals surface area contributed by atoms with E-state index in [1.165, 1.54) is 30.5 Å². The molecule has 0 fully saturated rings. The van der Waals surface area contributed by atoms with Gasteiger partial charge in [0.15, 0.2) is 11.4 Å². The Morgan fingerprint density at radius 1 is 1.09 bits per heavy atom. The molecule has 6 nitrogen and oxygen atoms in total. The Labute approximate surface area is 185 Å². The van der Waals surface area contributed by atoms with Crippen LogP contribution in [-0.4, -0.2) is 26.8 Å². The maximum absolute atomic E-state index is 13.4. The maximum atomic E-state index is 13.4. The first-order valence-electron chi connectivity index (χ1n) is 9.82. The number of alkyl halides is 3. The molecule has 0 amide bonds. The van der Waals surface area contributed by atoms with Crippen LogP contribution in [0, 0.1) is 6.92 Å². The summed E-state index contributed by atoms with van der Waals surface area (Å²) in [6.07, 6.45) is -3.70. The number of rotatable bonds is 5. The van der Waals surface area contributed by atoms with E-state index in [0.29, 0.717) is 5.56 Å². The van der Waals surface area contributed by atoms with Crippen LogP contribution in [0.5, 0.6) is 11.5 Å². The van der Waals surface area contributed by atoms with E-state index in [-0.39, 0.29) is 23.1 Å². The molecule has 2 heterocycles. The number of aromatic hydroxyl groups is 1. The van der Waals surface area contributed by atoms with Crippen molar-refractivity contribution in [2.45, 2.75) is 19.7 Å². The molecule has 4 rings (SSSR count). The van der Waals surface area contributed by atoms with Crippen molar-refractivity contribution in [3.8, 4) is 17.2 Å². The second kappa shape index (κ2) is 8.42. The molecule has 0 unspecified atom stereocenters. The van der Waals surface area contributed by atoms with Crippen molar-refractivity contribution in [1.29, 1.82) is 0 Å². The first kappa shape index (κ1) is 22.1. The van der Waals surface area contributed by atoms with Gasteiger partial charge >= 0.3 is 6.36 Å². The molecule has 2 aromatic heterocycles. The van der Waals surface area contributed by atoms with Gasteiger partial charge in [0.05, 0.1) is 11.1 Å². The molecule has 0 atom stereocenters. The van der Waals surface area contributed by atoms with E-state index >= 15 is 0 Å². The third-order valence-corrected chi connectivity index (χ3v) is 5.11. The quantitative estimate of drug-likeness (QED) is 0.441. The van der Waals surface area contributed by atoms with Crippen molar-refractivity contribution in [2.24, 2.45) is 0 Å². The van der Waals surface area contributed by atoms with Crippen LogP contribution < -0.4 is 10.3 Å². The zero-order chi connectivity index (χ0) is 23.8. The lowest BCUT2D eigenvalue weighted by Gasteiger charge is -2.15. The number of ketones is 1. The molecule has 0 bridgehead atoms. The SMILES string of the molecule is Cc1ccccc1CC(=O)c1c(O)c2cccnc2n(-c2cccc(OC(F)(F)F)c2)c1=O. The van der Waals surface area contributed by atoms with E-state index in [1.807, 2.05) is 19.1 Å². The van der Waals surface area contributed by atoms with E-state index < -0.39 is 34.8 Å². The number of Topliss-reactive ketones (excluding diaryl/α,β-unsaturated/α-hetero) is 1. The second-order valence-corrected chi connectivity index (χ2v) is 7.31. The maximum Gasteiger partial charge on any atom is 0.573 e. The largest absolute Gasteiger partial charge is 0.573 e. The minimum absolute atomic E-state index is 0.00427. The summed E-state index contributed by atoms with van der Waals surface area (Å²) in [5.74, 6) is -1.70. The third-order valence-electron chi connectivity index (χ3n) is 5.11. The van der Waals surface area contributed by atoms with Gasteiger partial charge in [-0.2, -0.15) is 0 Å². The molecular weight excluding hydrogens is 437 g/mol. The second-order valence-electron chi connectivity index (χ2n) is 7.31. The highest BCUT2D eigenvalue weighted by atomic mass is 19.4. The van der Waals surface area contributed by atoms with E-state index in [0.717, 1.165) is 22.3 Å². The molecule has 168 valence electrons. The van der Waals surface area contributed by atoms with E-state index in [2.05, 4.69) is 9.72 Å². The summed E-state index contributed by atoms with van der Waals surface area (Å²) in [6, 6.07) is 14.9. The van der Waals surface area contributed by atoms with Crippen LogP contribution in [0.2, 0.25) is 0 Å². The predicted molar refractivity (Wildman–Crippen MR) is 115 cm³/mol. The topological polar surface area (TPSA) is 81.4 Å². The van der Waals surface area contributed by atoms with Gasteiger partial charge in [-0.1, -0.05) is 30.3 Å². The lowest BCUT2D eigenvalue weighted by molar-refractivity contribution is -0.274. The van der Waals surface area contributed by atoms with Crippen molar-refractivity contribution in [3.63, 3.8) is 0 Å². The fourth-order valence-electron chi connectivity index (χ4n) is 3.58. The summed E-state index contributed by atoms with van der Waals surface area (Å²) >= 11 is 0. The number of ether oxygens (including phenoxy) is 1. The number of aryl methyl sites for hydroxylation is 1. The number of aromatic nitrogens is 2. The Hall–Kier alpha value is -4.14. The summed E-state index contributed by atoms with van der Waals surface area (Å²) in [6.45, 7) is 1.82. The zero-order valence-electron chi connectivity index (χ0n) is 17.3. The lowest BCUT2D eigenvalue weighted by atomic mass is 9.99.